The van der Waals surface area contributed by atoms with E-state index in [2.05, 4.69) is 454 Å². The fourth-order valence-corrected chi connectivity index (χ4v) is 19.2. The third-order valence-corrected chi connectivity index (χ3v) is 27.0. The summed E-state index contributed by atoms with van der Waals surface area (Å²) in [5.41, 5.74) is 44.7. The van der Waals surface area contributed by atoms with Crippen molar-refractivity contribution in [2.75, 3.05) is 19.6 Å². The first kappa shape index (κ1) is 93.9. The van der Waals surface area contributed by atoms with E-state index >= 15 is 0 Å². The van der Waals surface area contributed by atoms with Crippen LogP contribution in [0.1, 0.15) is 264 Å². The lowest BCUT2D eigenvalue weighted by Gasteiger charge is -2.34. The van der Waals surface area contributed by atoms with Crippen molar-refractivity contribution in [2.24, 2.45) is 0 Å². The van der Waals surface area contributed by atoms with Crippen molar-refractivity contribution in [3.63, 3.8) is 0 Å². The van der Waals surface area contributed by atoms with Gasteiger partial charge in [-0.25, -0.2) is 0 Å². The molecule has 0 saturated heterocycles. The van der Waals surface area contributed by atoms with E-state index in [1.807, 2.05) is 0 Å². The Balaban J connectivity index is 0.000000150. The summed E-state index contributed by atoms with van der Waals surface area (Å²) < 4.78 is 0. The van der Waals surface area contributed by atoms with E-state index in [9.17, 15) is 0 Å². The second-order valence-corrected chi connectivity index (χ2v) is 37.9. The Labute approximate surface area is 772 Å². The minimum atomic E-state index is -0.0150. The number of rotatable bonds is 31. The van der Waals surface area contributed by atoms with Gasteiger partial charge in [0.1, 0.15) is 0 Å². The summed E-state index contributed by atoms with van der Waals surface area (Å²) in [6.45, 7) is 42.2. The van der Waals surface area contributed by atoms with Crippen LogP contribution >= 0.6 is 0 Å². The molecule has 14 aromatic rings. The Hall–Kier alpha value is -11.7. The lowest BCUT2D eigenvalue weighted by Crippen LogP contribution is -2.26. The molecule has 1 atom stereocenters. The summed E-state index contributed by atoms with van der Waals surface area (Å²) in [5.74, 6) is 0.598. The number of unbranched alkanes of at least 4 members (excludes halogenated alkanes) is 11. The maximum atomic E-state index is 2.58. The Bertz CT molecular complexity index is 5670. The monoisotopic (exact) mass is 1690 g/mol. The maximum absolute atomic E-state index is 2.58. The Morgan fingerprint density at radius 3 is 0.805 bits per heavy atom. The third kappa shape index (κ3) is 22.7. The average Bonchev–Trinajstić information content (AvgIpc) is 1.56. The molecule has 2 aliphatic rings. The smallest absolute Gasteiger partial charge is 0.0520 e. The molecule has 0 aliphatic heterocycles. The predicted octanol–water partition coefficient (Wildman–Crippen LogP) is 37.3. The minimum Gasteiger partial charge on any atom is -0.311 e. The van der Waals surface area contributed by atoms with Gasteiger partial charge in [-0.2, -0.15) is 0 Å². The number of fused-ring (bicyclic) bond motifs is 6. The van der Waals surface area contributed by atoms with Gasteiger partial charge in [-0.05, 0) is 321 Å². The van der Waals surface area contributed by atoms with Crippen molar-refractivity contribution in [3.05, 3.63) is 403 Å². The average molecular weight is 1690 g/mol. The zero-order valence-corrected chi connectivity index (χ0v) is 81.0. The first-order chi connectivity index (χ1) is 61.9. The number of hydrogen-bond donors (Lipinski definition) is 0. The molecule has 4 heteroatoms. The summed E-state index contributed by atoms with van der Waals surface area (Å²) >= 11 is 0. The lowest BCUT2D eigenvalue weighted by molar-refractivity contribution is 0.398. The van der Waals surface area contributed by atoms with Crippen LogP contribution in [-0.2, 0) is 17.3 Å². The highest BCUT2D eigenvalue weighted by molar-refractivity contribution is 5.89. The molecule has 0 fully saturated rings. The Morgan fingerprint density at radius 2 is 0.477 bits per heavy atom. The molecule has 16 rings (SSSR count). The molecule has 0 saturated carbocycles. The highest BCUT2D eigenvalue weighted by atomic mass is 15.2. The second kappa shape index (κ2) is 43.9. The molecule has 0 spiro atoms. The van der Waals surface area contributed by atoms with Crippen LogP contribution in [0.2, 0.25) is 0 Å². The molecule has 2 aliphatic carbocycles. The lowest BCUT2D eigenvalue weighted by atomic mass is 9.70. The molecule has 128 heavy (non-hydrogen) atoms. The van der Waals surface area contributed by atoms with Gasteiger partial charge in [0.05, 0.1) is 5.69 Å². The summed E-state index contributed by atoms with van der Waals surface area (Å²) in [5, 5.41) is 0. The highest BCUT2D eigenvalue weighted by Gasteiger charge is 2.43. The number of hydrogen-bond acceptors (Lipinski definition) is 4. The van der Waals surface area contributed by atoms with Crippen molar-refractivity contribution < 1.29 is 0 Å². The number of benzene rings is 14. The van der Waals surface area contributed by atoms with Crippen LogP contribution < -0.4 is 19.6 Å². The van der Waals surface area contributed by atoms with E-state index in [0.717, 1.165) is 6.42 Å². The summed E-state index contributed by atoms with van der Waals surface area (Å²) in [6, 6.07) is 113. The van der Waals surface area contributed by atoms with Gasteiger partial charge in [-0.15, -0.1) is 0 Å². The first-order valence-electron chi connectivity index (χ1n) is 48.3. The Kier molecular flexibility index (Phi) is 32.2. The van der Waals surface area contributed by atoms with E-state index in [4.69, 9.17) is 0 Å². The summed E-state index contributed by atoms with van der Waals surface area (Å²) in [6.07, 6.45) is 23.4. The highest BCUT2D eigenvalue weighted by Crippen LogP contribution is 2.57. The van der Waals surface area contributed by atoms with E-state index in [1.165, 1.54) is 289 Å². The second-order valence-electron chi connectivity index (χ2n) is 37.9. The molecule has 0 heterocycles. The van der Waals surface area contributed by atoms with Gasteiger partial charge in [0.15, 0.2) is 0 Å². The van der Waals surface area contributed by atoms with Crippen molar-refractivity contribution >= 4 is 68.2 Å². The molecule has 0 bridgehead atoms. The van der Waals surface area contributed by atoms with Crippen LogP contribution in [0.15, 0.2) is 303 Å². The summed E-state index contributed by atoms with van der Waals surface area (Å²) in [7, 11) is 0. The van der Waals surface area contributed by atoms with Gasteiger partial charge in [0.2, 0.25) is 0 Å². The van der Waals surface area contributed by atoms with Crippen LogP contribution in [0.4, 0.5) is 68.2 Å². The topological polar surface area (TPSA) is 13.0 Å². The molecule has 14 aromatic carbocycles. The molecule has 0 radical (unpaired) electrons. The molecular formula is C124H144N4. The standard InChI is InChI=1S/C44H57N.C30H29N.C26H31N.C24H27N/c1-6-8-10-12-14-16-30-44(31-17-15-13-11-9-7-2)42-32-36(5)22-28-40(42)41-29-27-39(33-43(41)44)45(37-23-18-34(3)19-24-37)38-25-20-35(4)21-26-38;1-20-6-11-23(12-7-20)31(24-13-8-21(2)9-14-24)25-15-17-27-26-16-10-22(3)18-28(26)30(4,5)29(27)19-25;1-6-7-8-23-17-21(4)26(22(5)18-23)27(24-13-9-19(2)10-14-24)25-15-11-20(3)12-16-25;1-5-20(4)21-10-16-24(17-11-21)25(22-12-6-18(2)7-13-22)23-14-8-19(3)9-15-23/h18-29,32-33H,6-17,30-31H2,1-5H3;6-19H,1-5H3;9-18H,6-8H2,1-5H3;6-17,20H,5H2,1-4H3. The van der Waals surface area contributed by atoms with Crippen LogP contribution in [0, 0.1) is 83.1 Å². The zero-order chi connectivity index (χ0) is 90.6. The number of anilines is 12. The molecule has 1 unspecified atom stereocenters. The van der Waals surface area contributed by atoms with Gasteiger partial charge in [0.25, 0.3) is 0 Å². The summed E-state index contributed by atoms with van der Waals surface area (Å²) in [4.78, 5) is 9.55. The molecule has 660 valence electrons. The van der Waals surface area contributed by atoms with Gasteiger partial charge >= 0.3 is 0 Å². The molecular weight excluding hydrogens is 1550 g/mol. The van der Waals surface area contributed by atoms with Crippen LogP contribution in [0.3, 0.4) is 0 Å². The predicted molar refractivity (Wildman–Crippen MR) is 558 cm³/mol. The fourth-order valence-electron chi connectivity index (χ4n) is 19.2. The first-order valence-corrected chi connectivity index (χ1v) is 48.3. The van der Waals surface area contributed by atoms with E-state index in [1.54, 1.807) is 11.1 Å². The van der Waals surface area contributed by atoms with E-state index < -0.39 is 0 Å². The van der Waals surface area contributed by atoms with Gasteiger partial charge in [-0.1, -0.05) is 357 Å². The molecule has 0 amide bonds. The quantitative estimate of drug-likeness (QED) is 0.0402. The fraction of sp³-hybridized carbons (Fsp3) is 0.323. The van der Waals surface area contributed by atoms with Crippen LogP contribution in [0.25, 0.3) is 22.3 Å². The van der Waals surface area contributed by atoms with Crippen molar-refractivity contribution in [3.8, 4) is 22.3 Å². The molecule has 4 nitrogen and oxygen atoms in total. The van der Waals surface area contributed by atoms with E-state index in [0.29, 0.717) is 5.92 Å². The van der Waals surface area contributed by atoms with Crippen LogP contribution in [-0.4, -0.2) is 0 Å². The molecule has 0 aromatic heterocycles. The SMILES string of the molecule is CCC(C)c1ccc(N(c2ccc(C)cc2)c2ccc(C)cc2)cc1.CCCCCCCCC1(CCCCCCCC)c2cc(C)ccc2-c2ccc(N(c3ccc(C)cc3)c3ccc(C)cc3)cc21.CCCCc1cc(C)c(N(c2ccc(C)cc2)c2ccc(C)cc2)c(C)c1.Cc1ccc(N(c2ccc(C)cc2)c2ccc3c(c2)C(C)(C)c2cc(C)ccc2-3)cc1. The normalized spacial score (nSPS) is 12.5. The zero-order valence-electron chi connectivity index (χ0n) is 81.0. The van der Waals surface area contributed by atoms with Crippen LogP contribution in [0.5, 0.6) is 0 Å². The van der Waals surface area contributed by atoms with Crippen molar-refractivity contribution in [1.29, 1.82) is 0 Å². The van der Waals surface area contributed by atoms with Crippen molar-refractivity contribution in [2.45, 2.75) is 264 Å². The number of nitrogens with zero attached hydrogens (tertiary/aromatic N) is 4. The number of aryl methyl sites for hydroxylation is 13. The Morgan fingerprint density at radius 1 is 0.234 bits per heavy atom. The van der Waals surface area contributed by atoms with E-state index in [-0.39, 0.29) is 10.8 Å². The molecule has 0 N–H and O–H groups in total. The third-order valence-electron chi connectivity index (χ3n) is 27.0. The van der Waals surface area contributed by atoms with Gasteiger partial charge in [0, 0.05) is 73.4 Å². The maximum Gasteiger partial charge on any atom is 0.0520 e. The van der Waals surface area contributed by atoms with Gasteiger partial charge < -0.3 is 19.6 Å². The van der Waals surface area contributed by atoms with Crippen molar-refractivity contribution in [1.82, 2.24) is 0 Å². The van der Waals surface area contributed by atoms with Gasteiger partial charge in [-0.3, -0.25) is 0 Å². The largest absolute Gasteiger partial charge is 0.311 e. The minimum absolute atomic E-state index is 0.0150.